The van der Waals surface area contributed by atoms with Gasteiger partial charge in [-0.25, -0.2) is 4.79 Å². The van der Waals surface area contributed by atoms with Gasteiger partial charge in [0.2, 0.25) is 5.91 Å². The first-order chi connectivity index (χ1) is 9.93. The predicted molar refractivity (Wildman–Crippen MR) is 75.9 cm³/mol. The molecule has 0 aliphatic carbocycles. The number of nitrogens with two attached hydrogens (primary N) is 1. The maximum Gasteiger partial charge on any atom is 0.339 e. The van der Waals surface area contributed by atoms with Crippen molar-refractivity contribution in [2.24, 2.45) is 11.7 Å². The van der Waals surface area contributed by atoms with Crippen LogP contribution in [0.3, 0.4) is 0 Å². The first-order valence-electron chi connectivity index (χ1n) is 6.19. The van der Waals surface area contributed by atoms with Gasteiger partial charge in [-0.3, -0.25) is 4.79 Å². The van der Waals surface area contributed by atoms with Crippen LogP contribution in [0.25, 0.3) is 0 Å². The highest BCUT2D eigenvalue weighted by Crippen LogP contribution is 2.31. The Morgan fingerprint density at radius 3 is 2.71 bits per heavy atom. The quantitative estimate of drug-likeness (QED) is 0.763. The first kappa shape index (κ1) is 15.6. The first-order valence-corrected chi connectivity index (χ1v) is 6.57. The van der Waals surface area contributed by atoms with Crippen LogP contribution >= 0.6 is 11.6 Å². The lowest BCUT2D eigenvalue weighted by Crippen LogP contribution is -2.37. The molecule has 0 radical (unpaired) electrons. The Morgan fingerprint density at radius 1 is 1.48 bits per heavy atom. The molecular weight excluding hydrogens is 300 g/mol. The van der Waals surface area contributed by atoms with Gasteiger partial charge in [0.25, 0.3) is 0 Å². The van der Waals surface area contributed by atoms with Crippen LogP contribution in [0.2, 0.25) is 5.02 Å². The predicted octanol–water partition coefficient (Wildman–Crippen LogP) is 0.959. The van der Waals surface area contributed by atoms with Crippen LogP contribution in [0.15, 0.2) is 12.1 Å². The van der Waals surface area contributed by atoms with Crippen LogP contribution < -0.4 is 15.8 Å². The number of methoxy groups -OCH3 is 1. The standard InChI is InChI=1S/C13H15ClN2O5/c1-20-11-3-10(8(14)2-6(11)13(18)19)16-12(17)7-4-21-5-9(7)15/h2-3,7,9H,4-5,15H2,1H3,(H,16,17)(H,18,19). The number of hydrogen-bond acceptors (Lipinski definition) is 5. The van der Waals surface area contributed by atoms with Crippen molar-refractivity contribution in [3.05, 3.63) is 22.7 Å². The summed E-state index contributed by atoms with van der Waals surface area (Å²) in [6.45, 7) is 0.571. The van der Waals surface area contributed by atoms with Crippen molar-refractivity contribution in [2.45, 2.75) is 6.04 Å². The molecule has 1 heterocycles. The van der Waals surface area contributed by atoms with Gasteiger partial charge >= 0.3 is 5.97 Å². The summed E-state index contributed by atoms with van der Waals surface area (Å²) in [4.78, 5) is 23.2. The summed E-state index contributed by atoms with van der Waals surface area (Å²) < 4.78 is 10.1. The molecule has 0 aromatic heterocycles. The van der Waals surface area contributed by atoms with Crippen molar-refractivity contribution < 1.29 is 24.2 Å². The van der Waals surface area contributed by atoms with E-state index >= 15 is 0 Å². The number of carbonyl (C=O) groups excluding carboxylic acids is 1. The molecule has 114 valence electrons. The molecule has 2 atom stereocenters. The van der Waals surface area contributed by atoms with Crippen LogP contribution in [-0.2, 0) is 9.53 Å². The Kier molecular flexibility index (Phi) is 4.66. The molecule has 1 aromatic rings. The molecule has 2 rings (SSSR count). The number of ether oxygens (including phenoxy) is 2. The van der Waals surface area contributed by atoms with Crippen molar-refractivity contribution in [2.75, 3.05) is 25.6 Å². The van der Waals surface area contributed by atoms with Crippen LogP contribution in [0.5, 0.6) is 5.75 Å². The number of anilines is 1. The molecule has 1 amide bonds. The van der Waals surface area contributed by atoms with Gasteiger partial charge in [0.15, 0.2) is 0 Å². The van der Waals surface area contributed by atoms with Gasteiger partial charge in [-0.1, -0.05) is 11.6 Å². The van der Waals surface area contributed by atoms with Gasteiger partial charge in [-0.15, -0.1) is 0 Å². The average molecular weight is 315 g/mol. The van der Waals surface area contributed by atoms with E-state index in [4.69, 9.17) is 31.9 Å². The molecule has 1 saturated heterocycles. The van der Waals surface area contributed by atoms with E-state index in [0.717, 1.165) is 0 Å². The van der Waals surface area contributed by atoms with Gasteiger partial charge in [0, 0.05) is 12.1 Å². The summed E-state index contributed by atoms with van der Waals surface area (Å²) in [6, 6.07) is 2.22. The van der Waals surface area contributed by atoms with Crippen molar-refractivity contribution in [1.82, 2.24) is 0 Å². The highest BCUT2D eigenvalue weighted by Gasteiger charge is 2.31. The second-order valence-corrected chi connectivity index (χ2v) is 5.04. The average Bonchev–Trinajstić information content (AvgIpc) is 2.86. The van der Waals surface area contributed by atoms with E-state index in [1.807, 2.05) is 0 Å². The number of carboxylic acids is 1. The number of hydrogen-bond donors (Lipinski definition) is 3. The Hall–Kier alpha value is -1.83. The second kappa shape index (κ2) is 6.30. The molecule has 0 spiro atoms. The van der Waals surface area contributed by atoms with E-state index in [9.17, 15) is 9.59 Å². The molecule has 1 aliphatic heterocycles. The molecule has 1 aliphatic rings. The molecule has 0 saturated carbocycles. The minimum atomic E-state index is -1.17. The number of aromatic carboxylic acids is 1. The third kappa shape index (κ3) is 3.26. The van der Waals surface area contributed by atoms with E-state index in [-0.39, 0.29) is 40.6 Å². The van der Waals surface area contributed by atoms with Gasteiger partial charge in [0.1, 0.15) is 11.3 Å². The minimum absolute atomic E-state index is 0.0820. The number of carboxylic acid groups (broad SMARTS) is 1. The third-order valence-electron chi connectivity index (χ3n) is 3.24. The molecule has 4 N–H and O–H groups in total. The van der Waals surface area contributed by atoms with Crippen LogP contribution in [-0.4, -0.2) is 43.3 Å². The Balaban J connectivity index is 2.24. The van der Waals surface area contributed by atoms with E-state index in [1.165, 1.54) is 19.2 Å². The fraction of sp³-hybridized carbons (Fsp3) is 0.385. The number of carbonyl (C=O) groups is 2. The Bertz CT molecular complexity index is 578. The van der Waals surface area contributed by atoms with E-state index in [1.54, 1.807) is 0 Å². The maximum atomic E-state index is 12.1. The van der Waals surface area contributed by atoms with Crippen molar-refractivity contribution >= 4 is 29.2 Å². The molecule has 8 heteroatoms. The van der Waals surface area contributed by atoms with Gasteiger partial charge in [-0.2, -0.15) is 0 Å². The van der Waals surface area contributed by atoms with Crippen LogP contribution in [0.4, 0.5) is 5.69 Å². The summed E-state index contributed by atoms with van der Waals surface area (Å²) >= 11 is 5.99. The summed E-state index contributed by atoms with van der Waals surface area (Å²) in [6.07, 6.45) is 0. The summed E-state index contributed by atoms with van der Waals surface area (Å²) in [5.41, 5.74) is 5.95. The monoisotopic (exact) mass is 314 g/mol. The fourth-order valence-corrected chi connectivity index (χ4v) is 2.26. The van der Waals surface area contributed by atoms with Gasteiger partial charge < -0.3 is 25.6 Å². The van der Waals surface area contributed by atoms with Crippen molar-refractivity contribution in [3.63, 3.8) is 0 Å². The zero-order valence-corrected chi connectivity index (χ0v) is 12.0. The smallest absolute Gasteiger partial charge is 0.339 e. The van der Waals surface area contributed by atoms with E-state index in [0.29, 0.717) is 6.61 Å². The second-order valence-electron chi connectivity index (χ2n) is 4.63. The molecular formula is C13H15ClN2O5. The lowest BCUT2D eigenvalue weighted by atomic mass is 10.0. The molecule has 1 fully saturated rings. The molecule has 2 unspecified atom stereocenters. The topological polar surface area (TPSA) is 111 Å². The highest BCUT2D eigenvalue weighted by molar-refractivity contribution is 6.34. The number of halogens is 1. The normalized spacial score (nSPS) is 21.1. The van der Waals surface area contributed by atoms with E-state index < -0.39 is 11.9 Å². The zero-order chi connectivity index (χ0) is 15.6. The van der Waals surface area contributed by atoms with Crippen LogP contribution in [0.1, 0.15) is 10.4 Å². The van der Waals surface area contributed by atoms with E-state index in [2.05, 4.69) is 5.32 Å². The highest BCUT2D eigenvalue weighted by atomic mass is 35.5. The SMILES string of the molecule is COc1cc(NC(=O)C2COCC2N)c(Cl)cc1C(=O)O. The van der Waals surface area contributed by atoms with Gasteiger partial charge in [-0.05, 0) is 6.07 Å². The maximum absolute atomic E-state index is 12.1. The molecule has 21 heavy (non-hydrogen) atoms. The van der Waals surface area contributed by atoms with Crippen molar-refractivity contribution in [1.29, 1.82) is 0 Å². The molecule has 0 bridgehead atoms. The lowest BCUT2D eigenvalue weighted by molar-refractivity contribution is -0.120. The third-order valence-corrected chi connectivity index (χ3v) is 3.55. The zero-order valence-electron chi connectivity index (χ0n) is 11.3. The Morgan fingerprint density at radius 2 is 2.19 bits per heavy atom. The summed E-state index contributed by atoms with van der Waals surface area (Å²) in [5.74, 6) is -1.86. The largest absolute Gasteiger partial charge is 0.496 e. The number of amides is 1. The van der Waals surface area contributed by atoms with Gasteiger partial charge in [0.05, 0.1) is 37.0 Å². The summed E-state index contributed by atoms with van der Waals surface area (Å²) in [5, 5.41) is 11.8. The Labute approximate surface area is 126 Å². The summed E-state index contributed by atoms with van der Waals surface area (Å²) in [7, 11) is 1.34. The number of rotatable bonds is 4. The lowest BCUT2D eigenvalue weighted by Gasteiger charge is -2.15. The number of benzene rings is 1. The molecule has 7 nitrogen and oxygen atoms in total. The number of nitrogens with one attached hydrogen (secondary N) is 1. The fourth-order valence-electron chi connectivity index (χ4n) is 2.05. The van der Waals surface area contributed by atoms with Crippen LogP contribution in [0, 0.1) is 5.92 Å². The van der Waals surface area contributed by atoms with Crippen molar-refractivity contribution in [3.8, 4) is 5.75 Å². The minimum Gasteiger partial charge on any atom is -0.496 e. The molecule has 1 aromatic carbocycles.